The number of carbonyl (C=O) groups excluding carboxylic acids is 1. The fraction of sp³-hybridized carbons (Fsp3) is 0.0526. The number of benzene rings is 2. The zero-order valence-electron chi connectivity index (χ0n) is 13.4. The lowest BCUT2D eigenvalue weighted by atomic mass is 10.1. The van der Waals surface area contributed by atoms with Crippen LogP contribution in [0.2, 0.25) is 0 Å². The predicted molar refractivity (Wildman–Crippen MR) is 94.1 cm³/mol. The van der Waals surface area contributed by atoms with Gasteiger partial charge < -0.3 is 4.98 Å². The Bertz CT molecular complexity index is 1130. The molecule has 0 radical (unpaired) electrons. The summed E-state index contributed by atoms with van der Waals surface area (Å²) in [5.41, 5.74) is 1.60. The molecule has 4 rings (SSSR count). The first-order valence-electron chi connectivity index (χ1n) is 7.80. The smallest absolute Gasteiger partial charge is 0.277 e. The summed E-state index contributed by atoms with van der Waals surface area (Å²) < 4.78 is 1.47. The van der Waals surface area contributed by atoms with E-state index in [1.54, 1.807) is 31.2 Å². The van der Waals surface area contributed by atoms with E-state index in [-0.39, 0.29) is 22.6 Å². The molecule has 0 atom stereocenters. The van der Waals surface area contributed by atoms with Gasteiger partial charge >= 0.3 is 0 Å². The van der Waals surface area contributed by atoms with Crippen LogP contribution in [0.4, 0.5) is 0 Å². The van der Waals surface area contributed by atoms with E-state index < -0.39 is 0 Å². The molecule has 1 N–H and O–H groups in total. The number of fused-ring (bicyclic) bond motifs is 1. The summed E-state index contributed by atoms with van der Waals surface area (Å²) in [4.78, 5) is 32.4. The molecule has 0 amide bonds. The first kappa shape index (κ1) is 15.0. The fourth-order valence-corrected chi connectivity index (χ4v) is 2.77. The maximum Gasteiger partial charge on any atom is 0.277 e. The number of hydrogen-bond donors (Lipinski definition) is 1. The van der Waals surface area contributed by atoms with Gasteiger partial charge in [0.15, 0.2) is 11.2 Å². The van der Waals surface area contributed by atoms with E-state index in [1.165, 1.54) is 4.68 Å². The predicted octanol–water partition coefficient (Wildman–Crippen LogP) is 2.65. The van der Waals surface area contributed by atoms with Crippen molar-refractivity contribution < 1.29 is 4.79 Å². The number of aromatic nitrogens is 4. The average Bonchev–Trinajstić information content (AvgIpc) is 3.02. The SMILES string of the molecule is Cc1nc2c(C(=O)c3ccccc3)nn(-c3ccccc3)c2c(=O)[nH]1. The number of rotatable bonds is 3. The van der Waals surface area contributed by atoms with Crippen LogP contribution >= 0.6 is 0 Å². The minimum absolute atomic E-state index is 0.166. The summed E-state index contributed by atoms with van der Waals surface area (Å²) in [6.45, 7) is 1.68. The maximum atomic E-state index is 12.9. The van der Waals surface area contributed by atoms with E-state index in [2.05, 4.69) is 15.1 Å². The number of nitrogens with zero attached hydrogens (tertiary/aromatic N) is 3. The molecule has 25 heavy (non-hydrogen) atoms. The third-order valence-electron chi connectivity index (χ3n) is 3.90. The third kappa shape index (κ3) is 2.53. The highest BCUT2D eigenvalue weighted by Crippen LogP contribution is 2.20. The first-order chi connectivity index (χ1) is 12.1. The second-order valence-electron chi connectivity index (χ2n) is 5.64. The quantitative estimate of drug-likeness (QED) is 0.586. The highest BCUT2D eigenvalue weighted by atomic mass is 16.1. The Labute approximate surface area is 142 Å². The Morgan fingerprint density at radius 1 is 1.00 bits per heavy atom. The maximum absolute atomic E-state index is 12.9. The van der Waals surface area contributed by atoms with Gasteiger partial charge in [-0.2, -0.15) is 5.10 Å². The minimum Gasteiger partial charge on any atom is -0.309 e. The van der Waals surface area contributed by atoms with E-state index >= 15 is 0 Å². The standard InChI is InChI=1S/C19H14N4O2/c1-12-20-15-16(18(24)13-8-4-2-5-9-13)22-23(17(15)19(25)21-12)14-10-6-3-7-11-14/h2-11H,1H3,(H,20,21,25). The number of para-hydroxylation sites is 1. The summed E-state index contributed by atoms with van der Waals surface area (Å²) in [5, 5.41) is 4.42. The van der Waals surface area contributed by atoms with E-state index in [0.29, 0.717) is 22.6 Å². The largest absolute Gasteiger partial charge is 0.309 e. The molecule has 0 aliphatic heterocycles. The topological polar surface area (TPSA) is 80.6 Å². The summed E-state index contributed by atoms with van der Waals surface area (Å²) >= 11 is 0. The van der Waals surface area contributed by atoms with Crippen LogP contribution in [0.1, 0.15) is 21.9 Å². The van der Waals surface area contributed by atoms with Gasteiger partial charge in [-0.25, -0.2) is 9.67 Å². The van der Waals surface area contributed by atoms with Crippen molar-refractivity contribution in [2.24, 2.45) is 0 Å². The molecule has 4 aromatic rings. The van der Waals surface area contributed by atoms with Crippen LogP contribution in [0, 0.1) is 6.92 Å². The van der Waals surface area contributed by atoms with Gasteiger partial charge in [-0.15, -0.1) is 0 Å². The zero-order chi connectivity index (χ0) is 17.4. The van der Waals surface area contributed by atoms with Gasteiger partial charge in [0.2, 0.25) is 5.78 Å². The van der Waals surface area contributed by atoms with Gasteiger partial charge in [-0.1, -0.05) is 48.5 Å². The summed E-state index contributed by atoms with van der Waals surface area (Å²) in [6, 6.07) is 18.1. The number of carbonyl (C=O) groups is 1. The van der Waals surface area contributed by atoms with Gasteiger partial charge in [0.05, 0.1) is 5.69 Å². The molecule has 0 aliphatic rings. The monoisotopic (exact) mass is 330 g/mol. The third-order valence-corrected chi connectivity index (χ3v) is 3.90. The molecule has 0 unspecified atom stereocenters. The Hall–Kier alpha value is -3.54. The van der Waals surface area contributed by atoms with Gasteiger partial charge in [0.1, 0.15) is 11.3 Å². The first-order valence-corrected chi connectivity index (χ1v) is 7.80. The normalized spacial score (nSPS) is 10.9. The van der Waals surface area contributed by atoms with Crippen molar-refractivity contribution >= 4 is 16.8 Å². The molecule has 0 aliphatic carbocycles. The Morgan fingerprint density at radius 3 is 2.32 bits per heavy atom. The van der Waals surface area contributed by atoms with Crippen molar-refractivity contribution in [2.75, 3.05) is 0 Å². The minimum atomic E-state index is -0.328. The lowest BCUT2D eigenvalue weighted by Crippen LogP contribution is -2.13. The lowest BCUT2D eigenvalue weighted by Gasteiger charge is -2.01. The Kier molecular flexibility index (Phi) is 3.50. The molecule has 6 nitrogen and oxygen atoms in total. The second kappa shape index (κ2) is 5.83. The van der Waals surface area contributed by atoms with Crippen LogP contribution in [-0.4, -0.2) is 25.5 Å². The van der Waals surface area contributed by atoms with E-state index in [4.69, 9.17) is 0 Å². The molecule has 2 aromatic carbocycles. The van der Waals surface area contributed by atoms with Crippen LogP contribution in [0.15, 0.2) is 65.5 Å². The molecule has 2 heterocycles. The molecule has 2 aromatic heterocycles. The number of aromatic amines is 1. The molecular formula is C19H14N4O2. The van der Waals surface area contributed by atoms with Crippen LogP contribution in [0.5, 0.6) is 0 Å². The van der Waals surface area contributed by atoms with Crippen LogP contribution in [0.3, 0.4) is 0 Å². The fourth-order valence-electron chi connectivity index (χ4n) is 2.77. The van der Waals surface area contributed by atoms with Gasteiger partial charge in [0.25, 0.3) is 5.56 Å². The second-order valence-corrected chi connectivity index (χ2v) is 5.64. The molecule has 0 spiro atoms. The molecule has 0 saturated heterocycles. The van der Waals surface area contributed by atoms with E-state index in [0.717, 1.165) is 0 Å². The number of ketones is 1. The number of aryl methyl sites for hydroxylation is 1. The molecule has 0 bridgehead atoms. The van der Waals surface area contributed by atoms with Gasteiger partial charge in [0, 0.05) is 5.56 Å². The highest BCUT2D eigenvalue weighted by molar-refractivity contribution is 6.14. The Morgan fingerprint density at radius 2 is 1.64 bits per heavy atom. The van der Waals surface area contributed by atoms with Crippen molar-refractivity contribution in [2.45, 2.75) is 6.92 Å². The van der Waals surface area contributed by atoms with Crippen LogP contribution in [0.25, 0.3) is 16.7 Å². The zero-order valence-corrected chi connectivity index (χ0v) is 13.4. The number of hydrogen-bond acceptors (Lipinski definition) is 4. The molecule has 6 heteroatoms. The van der Waals surface area contributed by atoms with E-state index in [1.807, 2.05) is 36.4 Å². The van der Waals surface area contributed by atoms with Crippen molar-refractivity contribution in [3.63, 3.8) is 0 Å². The molecule has 0 fully saturated rings. The lowest BCUT2D eigenvalue weighted by molar-refractivity contribution is 0.103. The van der Waals surface area contributed by atoms with Gasteiger partial charge in [-0.3, -0.25) is 9.59 Å². The van der Waals surface area contributed by atoms with E-state index in [9.17, 15) is 9.59 Å². The number of H-pyrrole nitrogens is 1. The van der Waals surface area contributed by atoms with Crippen molar-refractivity contribution in [3.8, 4) is 5.69 Å². The summed E-state index contributed by atoms with van der Waals surface area (Å²) in [5.74, 6) is 0.171. The number of nitrogens with one attached hydrogen (secondary N) is 1. The van der Waals surface area contributed by atoms with Crippen LogP contribution < -0.4 is 5.56 Å². The van der Waals surface area contributed by atoms with Crippen molar-refractivity contribution in [1.82, 2.24) is 19.7 Å². The van der Waals surface area contributed by atoms with Crippen molar-refractivity contribution in [3.05, 3.63) is 88.1 Å². The summed E-state index contributed by atoms with van der Waals surface area (Å²) in [6.07, 6.45) is 0. The molecular weight excluding hydrogens is 316 g/mol. The van der Waals surface area contributed by atoms with Crippen molar-refractivity contribution in [1.29, 1.82) is 0 Å². The Balaban J connectivity index is 2.03. The molecule has 122 valence electrons. The average molecular weight is 330 g/mol. The highest BCUT2D eigenvalue weighted by Gasteiger charge is 2.23. The summed E-state index contributed by atoms with van der Waals surface area (Å²) in [7, 11) is 0. The van der Waals surface area contributed by atoms with Gasteiger partial charge in [-0.05, 0) is 19.1 Å². The van der Waals surface area contributed by atoms with Crippen LogP contribution in [-0.2, 0) is 0 Å². The molecule has 0 saturated carbocycles.